The zero-order chi connectivity index (χ0) is 19.5. The SMILES string of the molecule is NC(=O)C1CCN(C(=O)C2CCCN(c3cc(-n4cncn4)ncn3)C2)CC1. The van der Waals surface area contributed by atoms with E-state index in [4.69, 9.17) is 5.73 Å². The highest BCUT2D eigenvalue weighted by Crippen LogP contribution is 2.26. The summed E-state index contributed by atoms with van der Waals surface area (Å²) in [4.78, 5) is 40.9. The Kier molecular flexibility index (Phi) is 5.18. The van der Waals surface area contributed by atoms with Gasteiger partial charge in [0.15, 0.2) is 5.82 Å². The summed E-state index contributed by atoms with van der Waals surface area (Å²) >= 11 is 0. The highest BCUT2D eigenvalue weighted by atomic mass is 16.2. The molecule has 28 heavy (non-hydrogen) atoms. The van der Waals surface area contributed by atoms with Gasteiger partial charge in [-0.3, -0.25) is 9.59 Å². The van der Waals surface area contributed by atoms with Gasteiger partial charge in [-0.15, -0.1) is 0 Å². The molecule has 2 aromatic rings. The third-order valence-corrected chi connectivity index (χ3v) is 5.60. The Morgan fingerprint density at radius 2 is 1.79 bits per heavy atom. The fourth-order valence-electron chi connectivity index (χ4n) is 3.99. The zero-order valence-corrected chi connectivity index (χ0v) is 15.6. The quantitative estimate of drug-likeness (QED) is 0.787. The molecule has 0 bridgehead atoms. The lowest BCUT2D eigenvalue weighted by Gasteiger charge is -2.37. The van der Waals surface area contributed by atoms with Crippen LogP contribution in [0, 0.1) is 11.8 Å². The van der Waals surface area contributed by atoms with E-state index in [2.05, 4.69) is 25.0 Å². The van der Waals surface area contributed by atoms with Gasteiger partial charge in [0.2, 0.25) is 11.8 Å². The predicted molar refractivity (Wildman–Crippen MR) is 100 cm³/mol. The molecule has 0 saturated carbocycles. The minimum atomic E-state index is -0.261. The maximum Gasteiger partial charge on any atom is 0.227 e. The molecule has 2 aliphatic rings. The number of aromatic nitrogens is 5. The lowest BCUT2D eigenvalue weighted by molar-refractivity contribution is -0.138. The number of primary amides is 1. The standard InChI is InChI=1S/C18H24N8O2/c19-17(27)13-3-6-24(7-4-13)18(28)14-2-1-5-25(9-14)15-8-16(22-11-21-15)26-12-20-10-23-26/h8,10-14H,1-7,9H2,(H2,19,27). The molecule has 0 aliphatic carbocycles. The molecule has 148 valence electrons. The summed E-state index contributed by atoms with van der Waals surface area (Å²) in [7, 11) is 0. The van der Waals surface area contributed by atoms with Gasteiger partial charge >= 0.3 is 0 Å². The van der Waals surface area contributed by atoms with Crippen molar-refractivity contribution >= 4 is 17.6 Å². The van der Waals surface area contributed by atoms with Crippen molar-refractivity contribution in [2.75, 3.05) is 31.1 Å². The van der Waals surface area contributed by atoms with Crippen molar-refractivity contribution in [3.63, 3.8) is 0 Å². The number of hydrogen-bond donors (Lipinski definition) is 1. The summed E-state index contributed by atoms with van der Waals surface area (Å²) in [5.74, 6) is 1.16. The van der Waals surface area contributed by atoms with E-state index in [9.17, 15) is 9.59 Å². The average molecular weight is 384 g/mol. The van der Waals surface area contributed by atoms with E-state index in [-0.39, 0.29) is 23.7 Å². The van der Waals surface area contributed by atoms with Gasteiger partial charge in [-0.25, -0.2) is 19.6 Å². The van der Waals surface area contributed by atoms with Crippen LogP contribution in [-0.2, 0) is 9.59 Å². The molecule has 2 saturated heterocycles. The first-order valence-electron chi connectivity index (χ1n) is 9.62. The number of nitrogens with zero attached hydrogens (tertiary/aromatic N) is 7. The first-order valence-corrected chi connectivity index (χ1v) is 9.62. The zero-order valence-electron chi connectivity index (χ0n) is 15.6. The summed E-state index contributed by atoms with van der Waals surface area (Å²) in [5, 5.41) is 4.10. The molecule has 1 atom stereocenters. The molecule has 2 N–H and O–H groups in total. The summed E-state index contributed by atoms with van der Waals surface area (Å²) in [5.41, 5.74) is 5.39. The highest BCUT2D eigenvalue weighted by Gasteiger charge is 2.33. The number of nitrogens with two attached hydrogens (primary N) is 1. The monoisotopic (exact) mass is 384 g/mol. The lowest BCUT2D eigenvalue weighted by Crippen LogP contribution is -2.48. The fourth-order valence-corrected chi connectivity index (χ4v) is 3.99. The molecular weight excluding hydrogens is 360 g/mol. The maximum absolute atomic E-state index is 13.0. The van der Waals surface area contributed by atoms with Crippen molar-refractivity contribution in [1.29, 1.82) is 0 Å². The molecule has 0 aromatic carbocycles. The number of amides is 2. The van der Waals surface area contributed by atoms with Gasteiger partial charge in [-0.1, -0.05) is 0 Å². The Hall–Kier alpha value is -3.04. The molecule has 2 amide bonds. The molecular formula is C18H24N8O2. The van der Waals surface area contributed by atoms with Crippen molar-refractivity contribution in [2.24, 2.45) is 17.6 Å². The Bertz CT molecular complexity index is 832. The van der Waals surface area contributed by atoms with Crippen LogP contribution in [0.4, 0.5) is 5.82 Å². The summed E-state index contributed by atoms with van der Waals surface area (Å²) in [6.45, 7) is 2.68. The average Bonchev–Trinajstić information content (AvgIpc) is 3.28. The van der Waals surface area contributed by atoms with Crippen LogP contribution in [0.1, 0.15) is 25.7 Å². The van der Waals surface area contributed by atoms with Gasteiger partial charge in [0.25, 0.3) is 0 Å². The van der Waals surface area contributed by atoms with E-state index in [0.717, 1.165) is 25.2 Å². The van der Waals surface area contributed by atoms with E-state index >= 15 is 0 Å². The highest BCUT2D eigenvalue weighted by molar-refractivity contribution is 5.81. The first kappa shape index (κ1) is 18.3. The minimum Gasteiger partial charge on any atom is -0.369 e. The second kappa shape index (κ2) is 7.91. The van der Waals surface area contributed by atoms with Gasteiger partial charge in [-0.05, 0) is 25.7 Å². The summed E-state index contributed by atoms with van der Waals surface area (Å²) in [6.07, 6.45) is 7.66. The molecule has 0 spiro atoms. The van der Waals surface area contributed by atoms with E-state index in [1.807, 2.05) is 11.0 Å². The largest absolute Gasteiger partial charge is 0.369 e. The second-order valence-electron chi connectivity index (χ2n) is 7.36. The van der Waals surface area contributed by atoms with Gasteiger partial charge in [0.05, 0.1) is 5.92 Å². The van der Waals surface area contributed by atoms with Crippen molar-refractivity contribution in [3.05, 3.63) is 25.0 Å². The van der Waals surface area contributed by atoms with Crippen LogP contribution in [0.25, 0.3) is 5.82 Å². The molecule has 1 unspecified atom stereocenters. The van der Waals surface area contributed by atoms with E-state index < -0.39 is 0 Å². The number of anilines is 1. The predicted octanol–water partition coefficient (Wildman–Crippen LogP) is -0.00240. The first-order chi connectivity index (χ1) is 13.6. The number of likely N-dealkylation sites (tertiary alicyclic amines) is 1. The number of hydrogen-bond acceptors (Lipinski definition) is 7. The van der Waals surface area contributed by atoms with Crippen molar-refractivity contribution in [3.8, 4) is 5.82 Å². The summed E-state index contributed by atoms with van der Waals surface area (Å²) < 4.78 is 1.58. The van der Waals surface area contributed by atoms with E-state index in [1.54, 1.807) is 11.0 Å². The molecule has 2 fully saturated rings. The Morgan fingerprint density at radius 1 is 1.00 bits per heavy atom. The Labute approximate surface area is 162 Å². The van der Waals surface area contributed by atoms with Gasteiger partial charge in [0, 0.05) is 38.2 Å². The van der Waals surface area contributed by atoms with Gasteiger partial charge in [0.1, 0.15) is 24.8 Å². The number of carbonyl (C=O) groups excluding carboxylic acids is 2. The van der Waals surface area contributed by atoms with Gasteiger partial charge in [-0.2, -0.15) is 5.10 Å². The summed E-state index contributed by atoms with van der Waals surface area (Å²) in [6, 6.07) is 1.86. The van der Waals surface area contributed by atoms with Crippen LogP contribution in [0.15, 0.2) is 25.0 Å². The number of carbonyl (C=O) groups is 2. The lowest BCUT2D eigenvalue weighted by atomic mass is 9.92. The van der Waals surface area contributed by atoms with Crippen molar-refractivity contribution in [1.82, 2.24) is 29.6 Å². The minimum absolute atomic E-state index is 0.0661. The van der Waals surface area contributed by atoms with Crippen LogP contribution < -0.4 is 10.6 Å². The normalized spacial score (nSPS) is 20.9. The Morgan fingerprint density at radius 3 is 2.50 bits per heavy atom. The number of rotatable bonds is 4. The van der Waals surface area contributed by atoms with E-state index in [1.165, 1.54) is 12.7 Å². The van der Waals surface area contributed by atoms with Crippen LogP contribution in [0.2, 0.25) is 0 Å². The third-order valence-electron chi connectivity index (χ3n) is 5.60. The van der Waals surface area contributed by atoms with Crippen LogP contribution in [0.5, 0.6) is 0 Å². The molecule has 2 aliphatic heterocycles. The fraction of sp³-hybridized carbons (Fsp3) is 0.556. The molecule has 4 heterocycles. The molecule has 0 radical (unpaired) electrons. The number of piperidine rings is 2. The van der Waals surface area contributed by atoms with Crippen LogP contribution in [0.3, 0.4) is 0 Å². The molecule has 4 rings (SSSR count). The van der Waals surface area contributed by atoms with Crippen LogP contribution >= 0.6 is 0 Å². The second-order valence-corrected chi connectivity index (χ2v) is 7.36. The third kappa shape index (κ3) is 3.80. The van der Waals surface area contributed by atoms with Crippen molar-refractivity contribution < 1.29 is 9.59 Å². The maximum atomic E-state index is 13.0. The smallest absolute Gasteiger partial charge is 0.227 e. The molecule has 10 heteroatoms. The topological polar surface area (TPSA) is 123 Å². The Balaban J connectivity index is 1.41. The van der Waals surface area contributed by atoms with E-state index in [0.29, 0.717) is 38.3 Å². The van der Waals surface area contributed by atoms with Crippen molar-refractivity contribution in [2.45, 2.75) is 25.7 Å². The van der Waals surface area contributed by atoms with Crippen LogP contribution in [-0.4, -0.2) is 67.6 Å². The van der Waals surface area contributed by atoms with Gasteiger partial charge < -0.3 is 15.5 Å². The molecule has 2 aromatic heterocycles. The molecule has 10 nitrogen and oxygen atoms in total.